The molecule has 0 saturated heterocycles. The highest BCUT2D eigenvalue weighted by molar-refractivity contribution is 5.76. The molecule has 3 N–H and O–H groups in total. The Bertz CT molecular complexity index is 194. The van der Waals surface area contributed by atoms with Crippen LogP contribution in [0.1, 0.15) is 25.7 Å². The summed E-state index contributed by atoms with van der Waals surface area (Å²) < 4.78 is 0. The normalized spacial score (nSPS) is 26.9. The number of hydrogen-bond donors (Lipinski definition) is 2. The minimum absolute atomic E-state index is 0.151. The molecule has 4 nitrogen and oxygen atoms in total. The molecule has 0 bridgehead atoms. The molecule has 82 valence electrons. The van der Waals surface area contributed by atoms with E-state index in [1.165, 1.54) is 0 Å². The zero-order valence-corrected chi connectivity index (χ0v) is 9.12. The SMILES string of the molecule is CN(C)CCC(=O)NC1CCC(N)C1. The number of nitrogens with zero attached hydrogens (tertiary/aromatic N) is 1. The highest BCUT2D eigenvalue weighted by atomic mass is 16.1. The van der Waals surface area contributed by atoms with Gasteiger partial charge in [-0.1, -0.05) is 0 Å². The van der Waals surface area contributed by atoms with Crippen LogP contribution in [-0.4, -0.2) is 43.5 Å². The van der Waals surface area contributed by atoms with Crippen molar-refractivity contribution in [1.29, 1.82) is 0 Å². The summed E-state index contributed by atoms with van der Waals surface area (Å²) in [5, 5.41) is 3.02. The maximum absolute atomic E-state index is 11.4. The number of nitrogens with one attached hydrogen (secondary N) is 1. The average molecular weight is 199 g/mol. The van der Waals surface area contributed by atoms with Gasteiger partial charge in [0.2, 0.25) is 5.91 Å². The van der Waals surface area contributed by atoms with E-state index in [0.29, 0.717) is 12.5 Å². The lowest BCUT2D eigenvalue weighted by Crippen LogP contribution is -2.35. The summed E-state index contributed by atoms with van der Waals surface area (Å²) >= 11 is 0. The highest BCUT2D eigenvalue weighted by Crippen LogP contribution is 2.16. The fraction of sp³-hybridized carbons (Fsp3) is 0.900. The first-order valence-corrected chi connectivity index (χ1v) is 5.27. The molecule has 1 rings (SSSR count). The number of rotatable bonds is 4. The van der Waals surface area contributed by atoms with Crippen molar-refractivity contribution in [2.75, 3.05) is 20.6 Å². The van der Waals surface area contributed by atoms with E-state index >= 15 is 0 Å². The molecule has 4 heteroatoms. The predicted molar refractivity (Wildman–Crippen MR) is 56.9 cm³/mol. The van der Waals surface area contributed by atoms with Crippen molar-refractivity contribution in [3.63, 3.8) is 0 Å². The molecule has 0 heterocycles. The van der Waals surface area contributed by atoms with Gasteiger partial charge in [0.05, 0.1) is 0 Å². The van der Waals surface area contributed by atoms with Gasteiger partial charge in [-0.15, -0.1) is 0 Å². The lowest BCUT2D eigenvalue weighted by molar-refractivity contribution is -0.122. The molecule has 1 fully saturated rings. The van der Waals surface area contributed by atoms with Gasteiger partial charge in [0.25, 0.3) is 0 Å². The van der Waals surface area contributed by atoms with Crippen molar-refractivity contribution in [2.45, 2.75) is 37.8 Å². The lowest BCUT2D eigenvalue weighted by Gasteiger charge is -2.14. The summed E-state index contributed by atoms with van der Waals surface area (Å²) in [6, 6.07) is 0.605. The summed E-state index contributed by atoms with van der Waals surface area (Å²) in [6.07, 6.45) is 3.60. The number of amides is 1. The van der Waals surface area contributed by atoms with E-state index < -0.39 is 0 Å². The van der Waals surface area contributed by atoms with Gasteiger partial charge in [-0.05, 0) is 33.4 Å². The van der Waals surface area contributed by atoms with Crippen molar-refractivity contribution < 1.29 is 4.79 Å². The van der Waals surface area contributed by atoms with Crippen LogP contribution in [0.4, 0.5) is 0 Å². The van der Waals surface area contributed by atoms with Gasteiger partial charge >= 0.3 is 0 Å². The first-order valence-electron chi connectivity index (χ1n) is 5.27. The molecule has 2 unspecified atom stereocenters. The molecule has 1 aliphatic carbocycles. The third kappa shape index (κ3) is 4.07. The van der Waals surface area contributed by atoms with Crippen LogP contribution in [0.15, 0.2) is 0 Å². The topological polar surface area (TPSA) is 58.4 Å². The standard InChI is InChI=1S/C10H21N3O/c1-13(2)6-5-10(14)12-9-4-3-8(11)7-9/h8-9H,3-7,11H2,1-2H3,(H,12,14). The van der Waals surface area contributed by atoms with Crippen molar-refractivity contribution >= 4 is 5.91 Å². The van der Waals surface area contributed by atoms with Crippen LogP contribution in [-0.2, 0) is 4.79 Å². The Hall–Kier alpha value is -0.610. The molecular weight excluding hydrogens is 178 g/mol. The molecule has 14 heavy (non-hydrogen) atoms. The van der Waals surface area contributed by atoms with Crippen molar-refractivity contribution in [3.05, 3.63) is 0 Å². The molecule has 0 aromatic heterocycles. The fourth-order valence-corrected chi connectivity index (χ4v) is 1.77. The highest BCUT2D eigenvalue weighted by Gasteiger charge is 2.22. The first kappa shape index (κ1) is 11.5. The van der Waals surface area contributed by atoms with Crippen molar-refractivity contribution in [2.24, 2.45) is 5.73 Å². The van der Waals surface area contributed by atoms with Crippen LogP contribution in [0.3, 0.4) is 0 Å². The second kappa shape index (κ2) is 5.32. The second-order valence-corrected chi connectivity index (χ2v) is 4.39. The maximum Gasteiger partial charge on any atom is 0.221 e. The van der Waals surface area contributed by atoms with E-state index in [0.717, 1.165) is 25.8 Å². The van der Waals surface area contributed by atoms with Gasteiger partial charge in [0, 0.05) is 25.0 Å². The van der Waals surface area contributed by atoms with Gasteiger partial charge in [0.1, 0.15) is 0 Å². The van der Waals surface area contributed by atoms with Gasteiger partial charge in [-0.3, -0.25) is 4.79 Å². The van der Waals surface area contributed by atoms with E-state index in [9.17, 15) is 4.79 Å². The summed E-state index contributed by atoms with van der Waals surface area (Å²) in [4.78, 5) is 13.4. The third-order valence-corrected chi connectivity index (χ3v) is 2.62. The van der Waals surface area contributed by atoms with Gasteiger partial charge < -0.3 is 16.0 Å². The lowest BCUT2D eigenvalue weighted by atomic mass is 10.2. The second-order valence-electron chi connectivity index (χ2n) is 4.39. The van der Waals surface area contributed by atoms with E-state index in [1.54, 1.807) is 0 Å². The minimum Gasteiger partial charge on any atom is -0.353 e. The quantitative estimate of drug-likeness (QED) is 0.666. The monoisotopic (exact) mass is 199 g/mol. The minimum atomic E-state index is 0.151. The van der Waals surface area contributed by atoms with E-state index in [2.05, 4.69) is 5.32 Å². The summed E-state index contributed by atoms with van der Waals surface area (Å²) in [5.74, 6) is 0.151. The zero-order chi connectivity index (χ0) is 10.6. The van der Waals surface area contributed by atoms with Gasteiger partial charge in [-0.25, -0.2) is 0 Å². The van der Waals surface area contributed by atoms with Crippen LogP contribution in [0.2, 0.25) is 0 Å². The van der Waals surface area contributed by atoms with Crippen LogP contribution in [0, 0.1) is 0 Å². The molecule has 0 aliphatic heterocycles. The number of carbonyl (C=O) groups is 1. The molecule has 1 saturated carbocycles. The van der Waals surface area contributed by atoms with Crippen LogP contribution in [0.25, 0.3) is 0 Å². The average Bonchev–Trinajstić information content (AvgIpc) is 2.48. The fourth-order valence-electron chi connectivity index (χ4n) is 1.77. The molecule has 0 aromatic carbocycles. The van der Waals surface area contributed by atoms with Gasteiger partial charge in [0.15, 0.2) is 0 Å². The Balaban J connectivity index is 2.14. The molecule has 0 radical (unpaired) electrons. The van der Waals surface area contributed by atoms with Crippen molar-refractivity contribution in [1.82, 2.24) is 10.2 Å². The smallest absolute Gasteiger partial charge is 0.221 e. The summed E-state index contributed by atoms with van der Waals surface area (Å²) in [5.41, 5.74) is 5.76. The summed E-state index contributed by atoms with van der Waals surface area (Å²) in [7, 11) is 3.94. The van der Waals surface area contributed by atoms with E-state index in [-0.39, 0.29) is 11.9 Å². The summed E-state index contributed by atoms with van der Waals surface area (Å²) in [6.45, 7) is 0.810. The Kier molecular flexibility index (Phi) is 4.35. The Labute approximate surface area is 85.8 Å². The first-order chi connectivity index (χ1) is 6.58. The Morgan fingerprint density at radius 3 is 2.71 bits per heavy atom. The number of hydrogen-bond acceptors (Lipinski definition) is 3. The Morgan fingerprint density at radius 2 is 2.21 bits per heavy atom. The predicted octanol–water partition coefficient (Wildman–Crippen LogP) is -0.0659. The maximum atomic E-state index is 11.4. The molecule has 2 atom stereocenters. The zero-order valence-electron chi connectivity index (χ0n) is 9.12. The van der Waals surface area contributed by atoms with Crippen LogP contribution >= 0.6 is 0 Å². The van der Waals surface area contributed by atoms with E-state index in [1.807, 2.05) is 19.0 Å². The van der Waals surface area contributed by atoms with E-state index in [4.69, 9.17) is 5.73 Å². The largest absolute Gasteiger partial charge is 0.353 e. The molecule has 1 aliphatic rings. The van der Waals surface area contributed by atoms with Crippen LogP contribution in [0.5, 0.6) is 0 Å². The third-order valence-electron chi connectivity index (χ3n) is 2.62. The molecule has 1 amide bonds. The number of carbonyl (C=O) groups excluding carboxylic acids is 1. The molecular formula is C10H21N3O. The Morgan fingerprint density at radius 1 is 1.50 bits per heavy atom. The van der Waals surface area contributed by atoms with Crippen LogP contribution < -0.4 is 11.1 Å². The van der Waals surface area contributed by atoms with Crippen molar-refractivity contribution in [3.8, 4) is 0 Å². The molecule has 0 aromatic rings. The molecule has 0 spiro atoms. The van der Waals surface area contributed by atoms with Gasteiger partial charge in [-0.2, -0.15) is 0 Å². The number of nitrogens with two attached hydrogens (primary N) is 1.